The van der Waals surface area contributed by atoms with E-state index in [1.54, 1.807) is 23.7 Å². The Balaban J connectivity index is 1.63. The second-order valence-electron chi connectivity index (χ2n) is 9.02. The van der Waals surface area contributed by atoms with Crippen LogP contribution in [-0.4, -0.2) is 76.8 Å². The van der Waals surface area contributed by atoms with E-state index >= 15 is 0 Å². The van der Waals surface area contributed by atoms with Crippen molar-refractivity contribution in [1.82, 2.24) is 24.8 Å². The van der Waals surface area contributed by atoms with Crippen LogP contribution in [0.4, 0.5) is 5.82 Å². The van der Waals surface area contributed by atoms with Crippen molar-refractivity contribution in [2.75, 3.05) is 32.5 Å². The van der Waals surface area contributed by atoms with E-state index in [0.717, 1.165) is 4.88 Å². The van der Waals surface area contributed by atoms with E-state index in [2.05, 4.69) is 37.4 Å². The highest BCUT2D eigenvalue weighted by Gasteiger charge is 2.78. The number of anilines is 1. The van der Waals surface area contributed by atoms with Gasteiger partial charge in [0.15, 0.2) is 29.2 Å². The van der Waals surface area contributed by atoms with E-state index in [9.17, 15) is 14.4 Å². The van der Waals surface area contributed by atoms with Crippen LogP contribution < -0.4 is 22.1 Å². The molecule has 0 saturated heterocycles. The molecule has 13 nitrogen and oxygen atoms in total. The molecular weight excluding hydrogens is 548 g/mol. The van der Waals surface area contributed by atoms with Gasteiger partial charge in [-0.3, -0.25) is 14.4 Å². The zero-order valence-electron chi connectivity index (χ0n) is 20.9. The van der Waals surface area contributed by atoms with Crippen molar-refractivity contribution in [2.24, 2.45) is 22.8 Å². The topological polar surface area (TPSA) is 189 Å². The first-order valence-electron chi connectivity index (χ1n) is 12.0. The number of carbonyl (C=O) groups excluding carboxylic acids is 3. The predicted octanol–water partition coefficient (Wildman–Crippen LogP) is 0.0307. The van der Waals surface area contributed by atoms with E-state index in [-0.39, 0.29) is 17.6 Å². The molecule has 2 aliphatic carbocycles. The van der Waals surface area contributed by atoms with Gasteiger partial charge in [-0.2, -0.15) is 0 Å². The number of nitrogens with zero attached hydrogens (tertiary/aromatic N) is 4. The van der Waals surface area contributed by atoms with Crippen molar-refractivity contribution in [2.45, 2.75) is 24.7 Å². The molecule has 0 radical (unpaired) electrons. The van der Waals surface area contributed by atoms with Gasteiger partial charge in [-0.1, -0.05) is 11.6 Å². The fraction of sp³-hybridized carbons (Fsp3) is 0.417. The number of imidazole rings is 1. The summed E-state index contributed by atoms with van der Waals surface area (Å²) in [6.07, 6.45) is -0.234. The van der Waals surface area contributed by atoms with Crippen LogP contribution >= 0.6 is 22.9 Å². The average Bonchev–Trinajstić information content (AvgIpc) is 3.17. The van der Waals surface area contributed by atoms with Gasteiger partial charge in [-0.15, -0.1) is 11.3 Å². The number of amides is 1. The van der Waals surface area contributed by atoms with Gasteiger partial charge in [0, 0.05) is 20.0 Å². The predicted molar refractivity (Wildman–Crippen MR) is 142 cm³/mol. The minimum atomic E-state index is -1.12. The van der Waals surface area contributed by atoms with Gasteiger partial charge in [-0.05, 0) is 30.4 Å². The number of nitrogens with two attached hydrogens (primary N) is 2. The Morgan fingerprint density at radius 2 is 1.92 bits per heavy atom. The Bertz CT molecular complexity index is 1530. The second kappa shape index (κ2) is 10.4. The third-order valence-corrected chi connectivity index (χ3v) is 8.12. The molecule has 2 fully saturated rings. The molecule has 3 heterocycles. The molecule has 204 valence electrons. The summed E-state index contributed by atoms with van der Waals surface area (Å²) in [5.74, 6) is 4.44. The fourth-order valence-electron chi connectivity index (χ4n) is 5.29. The lowest BCUT2D eigenvalue weighted by Gasteiger charge is -2.30. The van der Waals surface area contributed by atoms with Crippen LogP contribution in [0.3, 0.4) is 0 Å². The quantitative estimate of drug-likeness (QED) is 0.221. The molecule has 39 heavy (non-hydrogen) atoms. The molecular formula is C24H25ClN8O5S. The Hall–Kier alpha value is -3.77. The number of fused-ring (bicyclic) bond motifs is 2. The number of hydrogen-bond acceptors (Lipinski definition) is 12. The van der Waals surface area contributed by atoms with E-state index in [4.69, 9.17) is 32.5 Å². The van der Waals surface area contributed by atoms with Crippen molar-refractivity contribution in [3.63, 3.8) is 0 Å². The Morgan fingerprint density at radius 1 is 1.18 bits per heavy atom. The fourth-order valence-corrected chi connectivity index (χ4v) is 6.19. The van der Waals surface area contributed by atoms with E-state index in [0.29, 0.717) is 27.7 Å². The summed E-state index contributed by atoms with van der Waals surface area (Å²) < 4.78 is 13.7. The molecule has 3 aromatic rings. The Labute approximate surface area is 231 Å². The lowest BCUT2D eigenvalue weighted by atomic mass is 9.97. The number of nitrogens with one attached hydrogen (secondary N) is 2. The summed E-state index contributed by atoms with van der Waals surface area (Å²) in [6, 6.07) is 2.89. The summed E-state index contributed by atoms with van der Waals surface area (Å²) in [5, 5.41) is 5.65. The zero-order chi connectivity index (χ0) is 27.9. The minimum Gasteiger partial charge on any atom is -0.456 e. The summed E-state index contributed by atoms with van der Waals surface area (Å²) in [7, 11) is 3.19. The first-order chi connectivity index (χ1) is 18.8. The summed E-state index contributed by atoms with van der Waals surface area (Å²) in [6.45, 7) is -0.806. The monoisotopic (exact) mass is 572 g/mol. The molecule has 3 aromatic heterocycles. The van der Waals surface area contributed by atoms with E-state index < -0.39 is 48.7 Å². The van der Waals surface area contributed by atoms with Crippen LogP contribution in [0.2, 0.25) is 4.34 Å². The number of esters is 2. The summed E-state index contributed by atoms with van der Waals surface area (Å²) in [4.78, 5) is 52.1. The third kappa shape index (κ3) is 4.57. The van der Waals surface area contributed by atoms with Gasteiger partial charge in [0.1, 0.15) is 0 Å². The van der Waals surface area contributed by atoms with Crippen LogP contribution in [0, 0.1) is 23.2 Å². The van der Waals surface area contributed by atoms with E-state index in [1.165, 1.54) is 24.7 Å². The van der Waals surface area contributed by atoms with Crippen molar-refractivity contribution in [3.05, 3.63) is 33.5 Å². The Kier molecular flexibility index (Phi) is 7.17. The van der Waals surface area contributed by atoms with Crippen LogP contribution in [-0.2, 0) is 23.9 Å². The van der Waals surface area contributed by atoms with Gasteiger partial charge < -0.3 is 36.1 Å². The van der Waals surface area contributed by atoms with Crippen LogP contribution in [0.1, 0.15) is 23.2 Å². The van der Waals surface area contributed by atoms with Crippen LogP contribution in [0.25, 0.3) is 11.2 Å². The van der Waals surface area contributed by atoms with Gasteiger partial charge >= 0.3 is 11.9 Å². The van der Waals surface area contributed by atoms with Crippen LogP contribution in [0.15, 0.2) is 18.5 Å². The van der Waals surface area contributed by atoms with Crippen LogP contribution in [0.5, 0.6) is 0 Å². The lowest BCUT2D eigenvalue weighted by molar-refractivity contribution is -0.172. The summed E-state index contributed by atoms with van der Waals surface area (Å²) in [5.41, 5.74) is 10.7. The number of thiophene rings is 1. The molecule has 4 unspecified atom stereocenters. The molecule has 5 rings (SSSR count). The van der Waals surface area contributed by atoms with Crippen molar-refractivity contribution in [3.8, 4) is 11.8 Å². The van der Waals surface area contributed by atoms with Gasteiger partial charge in [0.2, 0.25) is 11.7 Å². The number of ether oxygens (including phenoxy) is 2. The molecule has 6 N–H and O–H groups in total. The molecule has 2 aliphatic rings. The van der Waals surface area contributed by atoms with Crippen molar-refractivity contribution < 1.29 is 23.9 Å². The molecule has 0 aliphatic heterocycles. The van der Waals surface area contributed by atoms with E-state index in [1.807, 2.05) is 0 Å². The highest BCUT2D eigenvalue weighted by molar-refractivity contribution is 7.16. The maximum atomic E-state index is 13.1. The molecule has 1 amide bonds. The number of hydrogen-bond donors (Lipinski definition) is 4. The molecule has 2 saturated carbocycles. The first kappa shape index (κ1) is 26.8. The zero-order valence-corrected chi connectivity index (χ0v) is 22.5. The summed E-state index contributed by atoms with van der Waals surface area (Å²) >= 11 is 7.34. The largest absolute Gasteiger partial charge is 0.456 e. The molecule has 0 aromatic carbocycles. The number of aromatic nitrogens is 4. The average molecular weight is 573 g/mol. The number of halogens is 1. The van der Waals surface area contributed by atoms with Gasteiger partial charge in [0.25, 0.3) is 0 Å². The maximum Gasteiger partial charge on any atom is 0.320 e. The maximum absolute atomic E-state index is 13.1. The second-order valence-corrected chi connectivity index (χ2v) is 10.7. The standard InChI is InChI=1S/C24H25ClN8O5S/c1-28-21-17-22(32-14(31-21)6-4-11-3-5-13(25)39-11)33(10-30-17)18-12-7-24(12,23(36)29-2)20(38-16(35)9-27)19(18)37-15(34)8-26/h3,5,10,12,18-20H,7-9,26-27H2,1-2H3,(H,29,36)(H,28,31,32)/t12-,18?,19?,20?,24?/m1/s1. The first-order valence-corrected chi connectivity index (χ1v) is 13.2. The molecule has 5 atom stereocenters. The third-order valence-electron chi connectivity index (χ3n) is 6.97. The minimum absolute atomic E-state index is 0.214. The SMILES string of the molecule is CNC(=O)C12C[C@@H]1C(n1cnc3c(NC)nc(C#Cc4ccc(Cl)s4)nc31)C(OC(=O)CN)C2OC(=O)CN. The molecule has 0 spiro atoms. The van der Waals surface area contributed by atoms with Gasteiger partial charge in [-0.25, -0.2) is 15.0 Å². The normalized spacial score (nSPS) is 24.8. The van der Waals surface area contributed by atoms with Gasteiger partial charge in [0.05, 0.1) is 40.1 Å². The smallest absolute Gasteiger partial charge is 0.320 e. The van der Waals surface area contributed by atoms with Crippen molar-refractivity contribution >= 4 is 57.8 Å². The lowest BCUT2D eigenvalue weighted by Crippen LogP contribution is -2.47. The number of rotatable bonds is 7. The molecule has 15 heteroatoms. The number of carbonyl (C=O) groups is 3. The molecule has 0 bridgehead atoms. The Morgan fingerprint density at radius 3 is 2.56 bits per heavy atom. The highest BCUT2D eigenvalue weighted by Crippen LogP contribution is 2.69. The highest BCUT2D eigenvalue weighted by atomic mass is 35.5. The van der Waals surface area contributed by atoms with Crippen molar-refractivity contribution in [1.29, 1.82) is 0 Å².